The van der Waals surface area contributed by atoms with Gasteiger partial charge in [0.05, 0.1) is 17.1 Å². The maximum Gasteiger partial charge on any atom is 0.267 e. The van der Waals surface area contributed by atoms with Gasteiger partial charge in [0.25, 0.3) is 5.91 Å². The molecule has 2 aromatic carbocycles. The van der Waals surface area contributed by atoms with Gasteiger partial charge in [-0.3, -0.25) is 14.7 Å². The number of carbonyl (C=O) groups is 1. The quantitative estimate of drug-likeness (QED) is 0.256. The maximum atomic E-state index is 13.4. The Morgan fingerprint density at radius 3 is 2.71 bits per heavy atom. The van der Waals surface area contributed by atoms with Gasteiger partial charge in [0, 0.05) is 28.5 Å². The lowest BCUT2D eigenvalue weighted by molar-refractivity contribution is -0.122. The Labute approximate surface area is 210 Å². The van der Waals surface area contributed by atoms with E-state index in [-0.39, 0.29) is 5.91 Å². The van der Waals surface area contributed by atoms with Gasteiger partial charge in [-0.05, 0) is 72.3 Å². The predicted molar refractivity (Wildman–Crippen MR) is 140 cm³/mol. The van der Waals surface area contributed by atoms with Gasteiger partial charge in [0.1, 0.15) is 11.5 Å². The van der Waals surface area contributed by atoms with Crippen LogP contribution in [0.5, 0.6) is 0 Å². The first-order chi connectivity index (χ1) is 16.6. The fraction of sp³-hybridized carbons (Fsp3) is 0.0741. The third kappa shape index (κ3) is 4.90. The van der Waals surface area contributed by atoms with E-state index in [0.717, 1.165) is 32.6 Å². The number of carbonyl (C=O) groups excluding carboxylic acids is 1. The van der Waals surface area contributed by atoms with Crippen LogP contribution in [0.15, 0.2) is 104 Å². The van der Waals surface area contributed by atoms with Gasteiger partial charge in [-0.15, -0.1) is 0 Å². The van der Waals surface area contributed by atoms with Crippen LogP contribution in [0.1, 0.15) is 16.9 Å². The fourth-order valence-corrected chi connectivity index (χ4v) is 5.21. The number of para-hydroxylation sites is 1. The van der Waals surface area contributed by atoms with E-state index >= 15 is 0 Å². The Balaban J connectivity index is 1.46. The molecule has 168 valence electrons. The van der Waals surface area contributed by atoms with Crippen molar-refractivity contribution in [3.63, 3.8) is 0 Å². The van der Waals surface area contributed by atoms with E-state index in [4.69, 9.17) is 9.41 Å². The summed E-state index contributed by atoms with van der Waals surface area (Å²) in [5.74, 6) is 1.23. The number of aliphatic imine (C=N–C) groups is 1. The molecule has 5 nitrogen and oxygen atoms in total. The highest BCUT2D eigenvalue weighted by atomic mass is 79.9. The van der Waals surface area contributed by atoms with Gasteiger partial charge in [-0.2, -0.15) is 0 Å². The minimum Gasteiger partial charge on any atom is -0.457 e. The van der Waals surface area contributed by atoms with Crippen molar-refractivity contribution in [2.75, 3.05) is 0 Å². The summed E-state index contributed by atoms with van der Waals surface area (Å²) in [6.07, 6.45) is 5.26. The molecule has 1 fully saturated rings. The number of amidine groups is 1. The number of halogens is 1. The summed E-state index contributed by atoms with van der Waals surface area (Å²) < 4.78 is 7.03. The molecule has 1 aliphatic heterocycles. The smallest absolute Gasteiger partial charge is 0.267 e. The number of thioether (sulfide) groups is 1. The molecular weight excluding hydrogens is 510 g/mol. The summed E-state index contributed by atoms with van der Waals surface area (Å²) in [6, 6.07) is 23.3. The lowest BCUT2D eigenvalue weighted by atomic mass is 10.1. The Kier molecular flexibility index (Phi) is 6.47. The van der Waals surface area contributed by atoms with Crippen molar-refractivity contribution in [3.05, 3.63) is 111 Å². The van der Waals surface area contributed by atoms with E-state index in [1.165, 1.54) is 11.8 Å². The molecule has 34 heavy (non-hydrogen) atoms. The number of pyridine rings is 1. The van der Waals surface area contributed by atoms with Crippen molar-refractivity contribution < 1.29 is 9.21 Å². The number of furan rings is 1. The van der Waals surface area contributed by atoms with Crippen molar-refractivity contribution in [1.29, 1.82) is 0 Å². The number of amides is 1. The summed E-state index contributed by atoms with van der Waals surface area (Å²) in [5, 5.41) is 0.624. The Morgan fingerprint density at radius 2 is 1.94 bits per heavy atom. The number of aryl methyl sites for hydroxylation is 1. The molecule has 0 unspecified atom stereocenters. The molecule has 0 saturated carbocycles. The van der Waals surface area contributed by atoms with Crippen LogP contribution in [0.25, 0.3) is 17.4 Å². The molecule has 3 heterocycles. The summed E-state index contributed by atoms with van der Waals surface area (Å²) in [5.41, 5.74) is 3.85. The van der Waals surface area contributed by atoms with E-state index < -0.39 is 0 Å². The zero-order valence-electron chi connectivity index (χ0n) is 18.3. The van der Waals surface area contributed by atoms with E-state index in [1.807, 2.05) is 73.7 Å². The van der Waals surface area contributed by atoms with Gasteiger partial charge in [-0.1, -0.05) is 46.3 Å². The number of aromatic nitrogens is 1. The lowest BCUT2D eigenvalue weighted by Gasteiger charge is -2.15. The Morgan fingerprint density at radius 1 is 1.09 bits per heavy atom. The van der Waals surface area contributed by atoms with Crippen molar-refractivity contribution in [2.24, 2.45) is 4.99 Å². The van der Waals surface area contributed by atoms with Crippen molar-refractivity contribution in [3.8, 4) is 11.3 Å². The first kappa shape index (κ1) is 22.4. The van der Waals surface area contributed by atoms with Crippen LogP contribution in [0, 0.1) is 6.92 Å². The highest BCUT2D eigenvalue weighted by Gasteiger charge is 2.34. The molecule has 7 heteroatoms. The Bertz CT molecular complexity index is 1400. The maximum absolute atomic E-state index is 13.4. The monoisotopic (exact) mass is 529 g/mol. The molecule has 0 spiro atoms. The summed E-state index contributed by atoms with van der Waals surface area (Å²) >= 11 is 4.95. The normalized spacial score (nSPS) is 16.1. The van der Waals surface area contributed by atoms with Gasteiger partial charge in [0.15, 0.2) is 5.17 Å². The molecule has 0 aliphatic carbocycles. The van der Waals surface area contributed by atoms with Crippen LogP contribution in [0.2, 0.25) is 0 Å². The predicted octanol–water partition coefficient (Wildman–Crippen LogP) is 7.22. The number of benzene rings is 2. The van der Waals surface area contributed by atoms with Crippen LogP contribution in [0.4, 0.5) is 5.69 Å². The highest BCUT2D eigenvalue weighted by Crippen LogP contribution is 2.36. The largest absolute Gasteiger partial charge is 0.457 e. The average Bonchev–Trinajstić information content (AvgIpc) is 3.41. The number of hydrogen-bond donors (Lipinski definition) is 0. The molecular formula is C27H20BrN3O2S. The lowest BCUT2D eigenvalue weighted by Crippen LogP contribution is -2.28. The van der Waals surface area contributed by atoms with Gasteiger partial charge in [0.2, 0.25) is 0 Å². The van der Waals surface area contributed by atoms with Crippen LogP contribution in [-0.2, 0) is 11.3 Å². The van der Waals surface area contributed by atoms with Crippen LogP contribution < -0.4 is 0 Å². The molecule has 0 atom stereocenters. The molecule has 2 aromatic heterocycles. The van der Waals surface area contributed by atoms with Crippen molar-refractivity contribution in [2.45, 2.75) is 13.5 Å². The SMILES string of the molecule is Cc1ccc(-c2ccc(/C=C3/SC(=Nc4ccccc4)N(Cc4cccnc4)C3=O)o2)c(Br)c1. The topological polar surface area (TPSA) is 58.7 Å². The fourth-order valence-electron chi connectivity index (χ4n) is 3.54. The summed E-state index contributed by atoms with van der Waals surface area (Å²) in [7, 11) is 0. The second kappa shape index (κ2) is 9.83. The summed E-state index contributed by atoms with van der Waals surface area (Å²) in [4.78, 5) is 24.5. The van der Waals surface area contributed by atoms with E-state index in [1.54, 1.807) is 23.4 Å². The molecule has 5 rings (SSSR count). The van der Waals surface area contributed by atoms with E-state index in [9.17, 15) is 4.79 Å². The third-order valence-electron chi connectivity index (χ3n) is 5.22. The van der Waals surface area contributed by atoms with Crippen molar-refractivity contribution >= 4 is 50.5 Å². The second-order valence-corrected chi connectivity index (χ2v) is 9.64. The standard InChI is InChI=1S/C27H20BrN3O2S/c1-18-9-11-22(23(28)14-18)24-12-10-21(33-24)15-25-26(32)31(17-19-6-5-13-29-16-19)27(34-25)30-20-7-3-2-4-8-20/h2-16H,17H2,1H3/b25-15+,30-27?. The molecule has 0 N–H and O–H groups in total. The van der Waals surface area contributed by atoms with Crippen LogP contribution >= 0.6 is 27.7 Å². The van der Waals surface area contributed by atoms with Crippen LogP contribution in [0.3, 0.4) is 0 Å². The molecule has 0 radical (unpaired) electrons. The summed E-state index contributed by atoms with van der Waals surface area (Å²) in [6.45, 7) is 2.43. The first-order valence-electron chi connectivity index (χ1n) is 10.7. The second-order valence-electron chi connectivity index (χ2n) is 7.78. The van der Waals surface area contributed by atoms with Crippen LogP contribution in [-0.4, -0.2) is 21.0 Å². The van der Waals surface area contributed by atoms with Crippen molar-refractivity contribution in [1.82, 2.24) is 9.88 Å². The molecule has 1 amide bonds. The minimum atomic E-state index is -0.113. The number of nitrogens with zero attached hydrogens (tertiary/aromatic N) is 3. The highest BCUT2D eigenvalue weighted by molar-refractivity contribution is 9.10. The van der Waals surface area contributed by atoms with E-state index in [0.29, 0.717) is 22.4 Å². The minimum absolute atomic E-state index is 0.113. The molecule has 0 bridgehead atoms. The Hall–Kier alpha value is -3.42. The zero-order chi connectivity index (χ0) is 23.5. The third-order valence-corrected chi connectivity index (χ3v) is 6.89. The molecule has 1 aliphatic rings. The molecule has 4 aromatic rings. The zero-order valence-corrected chi connectivity index (χ0v) is 20.7. The van der Waals surface area contributed by atoms with Gasteiger partial charge >= 0.3 is 0 Å². The first-order valence-corrected chi connectivity index (χ1v) is 12.3. The van der Waals surface area contributed by atoms with Gasteiger partial charge < -0.3 is 4.42 Å². The van der Waals surface area contributed by atoms with Gasteiger partial charge in [-0.25, -0.2) is 4.99 Å². The average molecular weight is 530 g/mol. The number of hydrogen-bond acceptors (Lipinski definition) is 5. The number of rotatable bonds is 5. The molecule has 1 saturated heterocycles. The van der Waals surface area contributed by atoms with E-state index in [2.05, 4.69) is 27.0 Å².